The van der Waals surface area contributed by atoms with E-state index < -0.39 is 0 Å². The number of hydrogen-bond acceptors (Lipinski definition) is 6. The summed E-state index contributed by atoms with van der Waals surface area (Å²) in [4.78, 5) is 22.9. The zero-order valence-electron chi connectivity index (χ0n) is 14.4. The minimum absolute atomic E-state index is 0.0388. The molecule has 0 unspecified atom stereocenters. The molecule has 3 heterocycles. The van der Waals surface area contributed by atoms with Gasteiger partial charge in [0.2, 0.25) is 0 Å². The quantitative estimate of drug-likeness (QED) is 0.830. The van der Waals surface area contributed by atoms with Gasteiger partial charge in [-0.1, -0.05) is 5.16 Å². The molecule has 4 rings (SSSR count). The average molecular weight is 342 g/mol. The largest absolute Gasteiger partial charge is 0.368 e. The maximum Gasteiger partial charge on any atom is 0.255 e. The molecule has 0 radical (unpaired) electrons. The summed E-state index contributed by atoms with van der Waals surface area (Å²) >= 11 is 0. The van der Waals surface area contributed by atoms with Crippen molar-refractivity contribution in [2.45, 2.75) is 51.2 Å². The number of carbonyl (C=O) groups excluding carboxylic acids is 1. The molecule has 7 nitrogen and oxygen atoms in total. The molecule has 2 fully saturated rings. The van der Waals surface area contributed by atoms with Crippen LogP contribution in [0.2, 0.25) is 0 Å². The molecule has 0 bridgehead atoms. The molecule has 1 saturated carbocycles. The SMILES string of the molecule is Cc1ccc(C(=O)N2CCC(OCc3nc(C4CC4)no3)CC2)cn1. The van der Waals surface area contributed by atoms with Gasteiger partial charge in [-0.15, -0.1) is 0 Å². The molecule has 0 N–H and O–H groups in total. The molecule has 0 aromatic carbocycles. The number of aryl methyl sites for hydroxylation is 1. The number of rotatable bonds is 5. The third kappa shape index (κ3) is 3.87. The fraction of sp³-hybridized carbons (Fsp3) is 0.556. The normalized spacial score (nSPS) is 18.5. The van der Waals surface area contributed by atoms with Gasteiger partial charge in [0.1, 0.15) is 6.61 Å². The molecule has 1 aliphatic carbocycles. The first kappa shape index (κ1) is 16.2. The molecule has 25 heavy (non-hydrogen) atoms. The molecule has 2 aliphatic rings. The maximum atomic E-state index is 12.5. The van der Waals surface area contributed by atoms with E-state index in [1.54, 1.807) is 6.20 Å². The fourth-order valence-corrected chi connectivity index (χ4v) is 3.03. The summed E-state index contributed by atoms with van der Waals surface area (Å²) in [5.41, 5.74) is 1.55. The third-order valence-electron chi connectivity index (χ3n) is 4.76. The Labute approximate surface area is 146 Å². The lowest BCUT2D eigenvalue weighted by Gasteiger charge is -2.31. The molecule has 7 heteroatoms. The van der Waals surface area contributed by atoms with Crippen LogP contribution in [0.4, 0.5) is 0 Å². The van der Waals surface area contributed by atoms with Crippen LogP contribution in [0.3, 0.4) is 0 Å². The van der Waals surface area contributed by atoms with Crippen molar-refractivity contribution >= 4 is 5.91 Å². The van der Waals surface area contributed by atoms with Gasteiger partial charge in [0.05, 0.1) is 11.7 Å². The highest BCUT2D eigenvalue weighted by atomic mass is 16.5. The molecule has 1 amide bonds. The Balaban J connectivity index is 1.24. The van der Waals surface area contributed by atoms with E-state index in [0.29, 0.717) is 37.1 Å². The van der Waals surface area contributed by atoms with Crippen molar-refractivity contribution in [1.82, 2.24) is 20.0 Å². The van der Waals surface area contributed by atoms with Gasteiger partial charge in [-0.25, -0.2) is 0 Å². The second-order valence-corrected chi connectivity index (χ2v) is 6.81. The minimum atomic E-state index is 0.0388. The summed E-state index contributed by atoms with van der Waals surface area (Å²) in [6.45, 7) is 3.64. The van der Waals surface area contributed by atoms with Crippen molar-refractivity contribution < 1.29 is 14.1 Å². The number of pyridine rings is 1. The van der Waals surface area contributed by atoms with Gasteiger partial charge in [0.25, 0.3) is 11.8 Å². The van der Waals surface area contributed by atoms with Crippen LogP contribution < -0.4 is 0 Å². The van der Waals surface area contributed by atoms with Crippen molar-refractivity contribution in [3.8, 4) is 0 Å². The first-order valence-electron chi connectivity index (χ1n) is 8.85. The summed E-state index contributed by atoms with van der Waals surface area (Å²) < 4.78 is 11.1. The van der Waals surface area contributed by atoms with Gasteiger partial charge in [0, 0.05) is 30.9 Å². The van der Waals surface area contributed by atoms with E-state index in [1.165, 1.54) is 0 Å². The van der Waals surface area contributed by atoms with E-state index in [9.17, 15) is 4.79 Å². The highest BCUT2D eigenvalue weighted by Crippen LogP contribution is 2.38. The van der Waals surface area contributed by atoms with Crippen LogP contribution >= 0.6 is 0 Å². The van der Waals surface area contributed by atoms with Gasteiger partial charge in [-0.2, -0.15) is 4.98 Å². The second-order valence-electron chi connectivity index (χ2n) is 6.81. The zero-order valence-corrected chi connectivity index (χ0v) is 14.4. The lowest BCUT2D eigenvalue weighted by atomic mass is 10.1. The van der Waals surface area contributed by atoms with Crippen LogP contribution in [0.5, 0.6) is 0 Å². The molecule has 2 aromatic rings. The summed E-state index contributed by atoms with van der Waals surface area (Å²) in [5.74, 6) is 1.89. The van der Waals surface area contributed by atoms with E-state index in [-0.39, 0.29) is 12.0 Å². The van der Waals surface area contributed by atoms with E-state index in [1.807, 2.05) is 24.0 Å². The number of hydrogen-bond donors (Lipinski definition) is 0. The number of aromatic nitrogens is 3. The van der Waals surface area contributed by atoms with Crippen LogP contribution in [0, 0.1) is 6.92 Å². The van der Waals surface area contributed by atoms with Gasteiger partial charge in [-0.05, 0) is 44.7 Å². The monoisotopic (exact) mass is 342 g/mol. The predicted molar refractivity (Wildman–Crippen MR) is 89.0 cm³/mol. The van der Waals surface area contributed by atoms with Crippen molar-refractivity contribution in [2.24, 2.45) is 0 Å². The third-order valence-corrected chi connectivity index (χ3v) is 4.76. The zero-order chi connectivity index (χ0) is 17.2. The minimum Gasteiger partial charge on any atom is -0.368 e. The maximum absolute atomic E-state index is 12.5. The molecule has 132 valence electrons. The number of ether oxygens (including phenoxy) is 1. The Morgan fingerprint density at radius 2 is 2.08 bits per heavy atom. The predicted octanol–water partition coefficient (Wildman–Crippen LogP) is 2.47. The standard InChI is InChI=1S/C18H22N4O3/c1-12-2-3-14(10-19-12)18(23)22-8-6-15(7-9-22)24-11-16-20-17(21-25-16)13-4-5-13/h2-3,10,13,15H,4-9,11H2,1H3. The topological polar surface area (TPSA) is 81.4 Å². The van der Waals surface area contributed by atoms with E-state index in [2.05, 4.69) is 15.1 Å². The number of nitrogens with zero attached hydrogens (tertiary/aromatic N) is 4. The lowest BCUT2D eigenvalue weighted by Crippen LogP contribution is -2.40. The smallest absolute Gasteiger partial charge is 0.255 e. The average Bonchev–Trinajstić information content (AvgIpc) is 3.39. The number of likely N-dealkylation sites (tertiary alicyclic amines) is 1. The number of piperidine rings is 1. The van der Waals surface area contributed by atoms with Crippen LogP contribution in [0.25, 0.3) is 0 Å². The van der Waals surface area contributed by atoms with Crippen molar-refractivity contribution in [3.63, 3.8) is 0 Å². The number of amides is 1. The highest BCUT2D eigenvalue weighted by Gasteiger charge is 2.29. The molecular weight excluding hydrogens is 320 g/mol. The molecule has 2 aromatic heterocycles. The van der Waals surface area contributed by atoms with E-state index in [0.717, 1.165) is 37.2 Å². The molecule has 1 saturated heterocycles. The van der Waals surface area contributed by atoms with Crippen molar-refractivity contribution in [3.05, 3.63) is 41.3 Å². The van der Waals surface area contributed by atoms with Crippen LogP contribution in [-0.2, 0) is 11.3 Å². The Bertz CT molecular complexity index is 731. The van der Waals surface area contributed by atoms with Gasteiger partial charge < -0.3 is 14.2 Å². The van der Waals surface area contributed by atoms with Gasteiger partial charge in [-0.3, -0.25) is 9.78 Å². The van der Waals surface area contributed by atoms with Crippen molar-refractivity contribution in [1.29, 1.82) is 0 Å². The summed E-state index contributed by atoms with van der Waals surface area (Å²) in [5, 5.41) is 3.99. The summed E-state index contributed by atoms with van der Waals surface area (Å²) in [7, 11) is 0. The molecule has 0 atom stereocenters. The Hall–Kier alpha value is -2.28. The second kappa shape index (κ2) is 6.92. The van der Waals surface area contributed by atoms with Gasteiger partial charge in [0.15, 0.2) is 5.82 Å². The summed E-state index contributed by atoms with van der Waals surface area (Å²) in [6.07, 6.45) is 5.71. The summed E-state index contributed by atoms with van der Waals surface area (Å²) in [6, 6.07) is 3.70. The van der Waals surface area contributed by atoms with Crippen LogP contribution in [0.15, 0.2) is 22.9 Å². The van der Waals surface area contributed by atoms with Crippen molar-refractivity contribution in [2.75, 3.05) is 13.1 Å². The molecular formula is C18H22N4O3. The van der Waals surface area contributed by atoms with E-state index in [4.69, 9.17) is 9.26 Å². The first-order valence-corrected chi connectivity index (χ1v) is 8.85. The van der Waals surface area contributed by atoms with Gasteiger partial charge >= 0.3 is 0 Å². The molecule has 1 aliphatic heterocycles. The van der Waals surface area contributed by atoms with Crippen LogP contribution in [-0.4, -0.2) is 45.1 Å². The lowest BCUT2D eigenvalue weighted by molar-refractivity contribution is -0.00978. The Kier molecular flexibility index (Phi) is 4.48. The Morgan fingerprint density at radius 1 is 1.28 bits per heavy atom. The first-order chi connectivity index (χ1) is 12.2. The highest BCUT2D eigenvalue weighted by molar-refractivity contribution is 5.93. The van der Waals surface area contributed by atoms with Crippen LogP contribution in [0.1, 0.15) is 59.4 Å². The number of carbonyl (C=O) groups is 1. The van der Waals surface area contributed by atoms with E-state index >= 15 is 0 Å². The fourth-order valence-electron chi connectivity index (χ4n) is 3.03. The Morgan fingerprint density at radius 3 is 2.76 bits per heavy atom. The molecule has 0 spiro atoms.